The van der Waals surface area contributed by atoms with Crippen LogP contribution in [0.2, 0.25) is 0 Å². The molecule has 0 saturated carbocycles. The third kappa shape index (κ3) is 2.90. The molecule has 4 rings (SSSR count). The third-order valence-electron chi connectivity index (χ3n) is 4.98. The van der Waals surface area contributed by atoms with E-state index in [0.29, 0.717) is 22.5 Å². The molecule has 144 valence electrons. The molecular weight excluding hydrogens is 362 g/mol. The van der Waals surface area contributed by atoms with Crippen molar-refractivity contribution in [1.29, 1.82) is 0 Å². The minimum absolute atomic E-state index is 0.0112. The largest absolute Gasteiger partial charge is 0.482 e. The van der Waals surface area contributed by atoms with E-state index in [1.165, 1.54) is 0 Å². The number of aromatic nitrogens is 3. The fraction of sp³-hybridized carbons (Fsp3) is 0.263. The zero-order valence-electron chi connectivity index (χ0n) is 15.7. The molecule has 2 aromatic heterocycles. The molecule has 0 radical (unpaired) electrons. The lowest BCUT2D eigenvalue weighted by molar-refractivity contribution is -0.118. The minimum atomic E-state index is -0.492. The number of carbonyl (C=O) groups is 2. The highest BCUT2D eigenvalue weighted by Crippen LogP contribution is 2.28. The van der Waals surface area contributed by atoms with Crippen molar-refractivity contribution >= 4 is 28.5 Å². The lowest BCUT2D eigenvalue weighted by atomic mass is 10.1. The molecule has 28 heavy (non-hydrogen) atoms. The maximum absolute atomic E-state index is 12.5. The van der Waals surface area contributed by atoms with E-state index < -0.39 is 5.91 Å². The second-order valence-corrected chi connectivity index (χ2v) is 6.73. The molecule has 3 N–H and O–H groups in total. The Hall–Kier alpha value is -3.62. The Labute approximate surface area is 159 Å². The molecule has 3 aromatic rings. The first-order chi connectivity index (χ1) is 13.3. The van der Waals surface area contributed by atoms with E-state index in [4.69, 9.17) is 4.74 Å². The quantitative estimate of drug-likeness (QED) is 0.629. The molecule has 0 unspecified atom stereocenters. The predicted molar refractivity (Wildman–Crippen MR) is 103 cm³/mol. The summed E-state index contributed by atoms with van der Waals surface area (Å²) in [5.74, 6) is -0.182. The number of hydrogen-bond acceptors (Lipinski definition) is 5. The number of nitrogens with one attached hydrogen (secondary N) is 3. The number of amides is 2. The maximum Gasteiger partial charge on any atom is 0.287 e. The summed E-state index contributed by atoms with van der Waals surface area (Å²) in [6.07, 6.45) is 0. The third-order valence-corrected chi connectivity index (χ3v) is 4.98. The molecule has 1 aromatic carbocycles. The fourth-order valence-electron chi connectivity index (χ4n) is 3.25. The van der Waals surface area contributed by atoms with Gasteiger partial charge in [-0.2, -0.15) is 0 Å². The Balaban J connectivity index is 1.56. The van der Waals surface area contributed by atoms with Gasteiger partial charge >= 0.3 is 0 Å². The Morgan fingerprint density at radius 3 is 2.89 bits per heavy atom. The van der Waals surface area contributed by atoms with Crippen molar-refractivity contribution in [1.82, 2.24) is 19.9 Å². The molecule has 9 nitrogen and oxygen atoms in total. The number of H-pyrrole nitrogens is 1. The van der Waals surface area contributed by atoms with Crippen LogP contribution in [-0.4, -0.2) is 33.0 Å². The molecule has 0 bridgehead atoms. The number of nitrogens with zero attached hydrogens (tertiary/aromatic N) is 2. The molecule has 0 spiro atoms. The average molecular weight is 381 g/mol. The zero-order chi connectivity index (χ0) is 20.0. The van der Waals surface area contributed by atoms with E-state index in [1.807, 2.05) is 20.9 Å². The lowest BCUT2D eigenvalue weighted by Crippen LogP contribution is -2.28. The van der Waals surface area contributed by atoms with Gasteiger partial charge in [-0.3, -0.25) is 14.4 Å². The monoisotopic (exact) mass is 381 g/mol. The van der Waals surface area contributed by atoms with Crippen LogP contribution in [0.25, 0.3) is 11.0 Å². The van der Waals surface area contributed by atoms with Crippen LogP contribution in [0.15, 0.2) is 23.0 Å². The van der Waals surface area contributed by atoms with Gasteiger partial charge in [-0.25, -0.2) is 4.98 Å². The summed E-state index contributed by atoms with van der Waals surface area (Å²) >= 11 is 0. The highest BCUT2D eigenvalue weighted by atomic mass is 16.5. The van der Waals surface area contributed by atoms with E-state index in [1.54, 1.807) is 22.8 Å². The van der Waals surface area contributed by atoms with E-state index in [-0.39, 0.29) is 30.4 Å². The Bertz CT molecular complexity index is 1190. The van der Waals surface area contributed by atoms with Crippen molar-refractivity contribution in [3.05, 3.63) is 51.2 Å². The van der Waals surface area contributed by atoms with E-state index >= 15 is 0 Å². The number of aromatic amines is 1. The molecule has 3 heterocycles. The van der Waals surface area contributed by atoms with Gasteiger partial charge in [0.1, 0.15) is 11.4 Å². The molecule has 9 heteroatoms. The van der Waals surface area contributed by atoms with Gasteiger partial charge in [0.25, 0.3) is 17.4 Å². The lowest BCUT2D eigenvalue weighted by Gasteiger charge is -2.18. The van der Waals surface area contributed by atoms with E-state index in [9.17, 15) is 14.4 Å². The van der Waals surface area contributed by atoms with Gasteiger partial charge in [-0.1, -0.05) is 6.07 Å². The van der Waals surface area contributed by atoms with E-state index in [0.717, 1.165) is 16.8 Å². The minimum Gasteiger partial charge on any atom is -0.482 e. The first-order valence-corrected chi connectivity index (χ1v) is 8.75. The summed E-state index contributed by atoms with van der Waals surface area (Å²) in [7, 11) is 1.81. The molecular formula is C19H19N5O4. The Morgan fingerprint density at radius 1 is 1.32 bits per heavy atom. The van der Waals surface area contributed by atoms with Gasteiger partial charge in [0, 0.05) is 19.3 Å². The Morgan fingerprint density at radius 2 is 2.11 bits per heavy atom. The Kier molecular flexibility index (Phi) is 4.14. The topological polar surface area (TPSA) is 118 Å². The van der Waals surface area contributed by atoms with Crippen LogP contribution in [0.4, 0.5) is 5.69 Å². The number of fused-ring (bicyclic) bond motifs is 2. The van der Waals surface area contributed by atoms with Crippen LogP contribution in [0.1, 0.15) is 27.4 Å². The zero-order valence-corrected chi connectivity index (χ0v) is 15.7. The van der Waals surface area contributed by atoms with Crippen LogP contribution < -0.4 is 20.9 Å². The van der Waals surface area contributed by atoms with Crippen molar-refractivity contribution < 1.29 is 14.3 Å². The summed E-state index contributed by atoms with van der Waals surface area (Å²) in [4.78, 5) is 43.2. The summed E-state index contributed by atoms with van der Waals surface area (Å²) in [6, 6.07) is 5.26. The number of ether oxygens (including phenoxy) is 1. The van der Waals surface area contributed by atoms with Crippen LogP contribution in [0, 0.1) is 13.8 Å². The fourth-order valence-corrected chi connectivity index (χ4v) is 3.25. The van der Waals surface area contributed by atoms with Gasteiger partial charge in [0.15, 0.2) is 6.61 Å². The second kappa shape index (κ2) is 6.52. The van der Waals surface area contributed by atoms with Crippen molar-refractivity contribution in [2.45, 2.75) is 20.4 Å². The van der Waals surface area contributed by atoms with Gasteiger partial charge in [0.2, 0.25) is 5.82 Å². The molecule has 0 atom stereocenters. The number of anilines is 1. The van der Waals surface area contributed by atoms with Crippen molar-refractivity contribution in [3.63, 3.8) is 0 Å². The van der Waals surface area contributed by atoms with Gasteiger partial charge in [-0.15, -0.1) is 0 Å². The van der Waals surface area contributed by atoms with Gasteiger partial charge < -0.3 is 24.9 Å². The van der Waals surface area contributed by atoms with Crippen LogP contribution in [0.3, 0.4) is 0 Å². The van der Waals surface area contributed by atoms with Crippen LogP contribution >= 0.6 is 0 Å². The SMILES string of the molecule is Cc1c(C)n(C)c2nc(C(=O)NCc3ccc4c(c3)NC(=O)CO4)[nH]c(=O)c12. The summed E-state index contributed by atoms with van der Waals surface area (Å²) < 4.78 is 7.11. The highest BCUT2D eigenvalue weighted by molar-refractivity contribution is 5.95. The van der Waals surface area contributed by atoms with Crippen LogP contribution in [-0.2, 0) is 18.4 Å². The smallest absolute Gasteiger partial charge is 0.287 e. The van der Waals surface area contributed by atoms with Crippen molar-refractivity contribution in [2.75, 3.05) is 11.9 Å². The maximum atomic E-state index is 12.5. The number of benzene rings is 1. The molecule has 0 saturated heterocycles. The number of carbonyl (C=O) groups excluding carboxylic acids is 2. The van der Waals surface area contributed by atoms with Crippen molar-refractivity contribution in [2.24, 2.45) is 7.05 Å². The molecule has 1 aliphatic rings. The number of rotatable bonds is 3. The molecule has 0 fully saturated rings. The normalized spacial score (nSPS) is 13.0. The first kappa shape index (κ1) is 17.8. The number of hydrogen-bond donors (Lipinski definition) is 3. The average Bonchev–Trinajstić information content (AvgIpc) is 2.90. The highest BCUT2D eigenvalue weighted by Gasteiger charge is 2.19. The summed E-state index contributed by atoms with van der Waals surface area (Å²) in [5.41, 5.74) is 3.22. The molecule has 2 amide bonds. The first-order valence-electron chi connectivity index (χ1n) is 8.75. The second-order valence-electron chi connectivity index (χ2n) is 6.73. The van der Waals surface area contributed by atoms with Crippen molar-refractivity contribution in [3.8, 4) is 5.75 Å². The van der Waals surface area contributed by atoms with Gasteiger partial charge in [0.05, 0.1) is 11.1 Å². The predicted octanol–water partition coefficient (Wildman–Crippen LogP) is 1.14. The van der Waals surface area contributed by atoms with E-state index in [2.05, 4.69) is 20.6 Å². The summed E-state index contributed by atoms with van der Waals surface area (Å²) in [5, 5.41) is 5.94. The van der Waals surface area contributed by atoms with Crippen LogP contribution in [0.5, 0.6) is 5.75 Å². The molecule has 0 aliphatic carbocycles. The van der Waals surface area contributed by atoms with Gasteiger partial charge in [-0.05, 0) is 37.1 Å². The molecule has 1 aliphatic heterocycles. The standard InChI is InChI=1S/C19H19N5O4/c1-9-10(2)24(3)17-15(9)18(26)23-16(22-17)19(27)20-7-11-4-5-13-12(6-11)21-14(25)8-28-13/h4-6H,7-8H2,1-3H3,(H,20,27)(H,21,25)(H,22,23,26). The number of aryl methyl sites for hydroxylation is 2. The summed E-state index contributed by atoms with van der Waals surface area (Å²) in [6.45, 7) is 3.94.